The Morgan fingerprint density at radius 2 is 1.38 bits per heavy atom. The van der Waals surface area contributed by atoms with Gasteiger partial charge in [0, 0.05) is 11.8 Å². The number of fused-ring (bicyclic) bond motifs is 1. The normalized spacial score (nSPS) is 11.7. The van der Waals surface area contributed by atoms with Crippen molar-refractivity contribution in [1.29, 1.82) is 0 Å². The smallest absolute Gasteiger partial charge is 0.0708 e. The van der Waals surface area contributed by atoms with Crippen LogP contribution < -0.4 is 0 Å². The average Bonchev–Trinajstić information content (AvgIpc) is 2.67. The summed E-state index contributed by atoms with van der Waals surface area (Å²) in [5.74, 6) is 0. The topological polar surface area (TPSA) is 12.9 Å². The summed E-state index contributed by atoms with van der Waals surface area (Å²) in [5, 5.41) is 2.59. The van der Waals surface area contributed by atoms with Crippen LogP contribution in [0, 0.1) is 0 Å². The van der Waals surface area contributed by atoms with Gasteiger partial charge in [-0.1, -0.05) is 75.4 Å². The van der Waals surface area contributed by atoms with E-state index in [1.807, 2.05) is 12.3 Å². The zero-order chi connectivity index (χ0) is 18.1. The number of benzene rings is 3. The Kier molecular flexibility index (Phi) is 4.08. The summed E-state index contributed by atoms with van der Waals surface area (Å²) < 4.78 is 0. The molecule has 0 N–H and O–H groups in total. The third-order valence-electron chi connectivity index (χ3n) is 4.83. The van der Waals surface area contributed by atoms with Crippen molar-refractivity contribution in [3.63, 3.8) is 0 Å². The molecule has 0 atom stereocenters. The van der Waals surface area contributed by atoms with Crippen molar-refractivity contribution in [2.75, 3.05) is 0 Å². The molecule has 0 saturated heterocycles. The number of nitrogens with zero attached hydrogens (tertiary/aromatic N) is 1. The lowest BCUT2D eigenvalue weighted by atomic mass is 9.82. The zero-order valence-corrected chi connectivity index (χ0v) is 15.5. The number of aromatic nitrogens is 1. The zero-order valence-electron chi connectivity index (χ0n) is 15.5. The van der Waals surface area contributed by atoms with Gasteiger partial charge in [-0.25, -0.2) is 0 Å². The van der Waals surface area contributed by atoms with Crippen molar-refractivity contribution < 1.29 is 0 Å². The van der Waals surface area contributed by atoms with Crippen molar-refractivity contribution in [2.45, 2.75) is 26.2 Å². The first-order chi connectivity index (χ1) is 12.5. The fourth-order valence-electron chi connectivity index (χ4n) is 3.48. The van der Waals surface area contributed by atoms with E-state index in [0.29, 0.717) is 0 Å². The quantitative estimate of drug-likeness (QED) is 0.389. The van der Waals surface area contributed by atoms with E-state index in [1.54, 1.807) is 0 Å². The molecule has 1 heterocycles. The highest BCUT2D eigenvalue weighted by atomic mass is 14.7. The van der Waals surface area contributed by atoms with Crippen LogP contribution in [-0.4, -0.2) is 4.98 Å². The van der Waals surface area contributed by atoms with Gasteiger partial charge in [0.25, 0.3) is 0 Å². The molecule has 4 rings (SSSR count). The van der Waals surface area contributed by atoms with Crippen molar-refractivity contribution in [3.05, 3.63) is 90.6 Å². The molecule has 4 aromatic rings. The predicted molar refractivity (Wildman–Crippen MR) is 111 cm³/mol. The first-order valence-electron chi connectivity index (χ1n) is 9.07. The van der Waals surface area contributed by atoms with E-state index in [-0.39, 0.29) is 5.41 Å². The van der Waals surface area contributed by atoms with Gasteiger partial charge in [0.05, 0.1) is 5.69 Å². The first kappa shape index (κ1) is 16.5. The van der Waals surface area contributed by atoms with E-state index < -0.39 is 0 Å². The van der Waals surface area contributed by atoms with Crippen LogP contribution in [-0.2, 0) is 5.41 Å². The maximum absolute atomic E-state index is 4.67. The van der Waals surface area contributed by atoms with Gasteiger partial charge in [-0.2, -0.15) is 0 Å². The molecule has 0 aliphatic heterocycles. The number of pyridine rings is 1. The van der Waals surface area contributed by atoms with E-state index in [0.717, 1.165) is 5.69 Å². The third kappa shape index (κ3) is 3.13. The molecule has 0 amide bonds. The largest absolute Gasteiger partial charge is 0.256 e. The minimum Gasteiger partial charge on any atom is -0.256 e. The molecule has 26 heavy (non-hydrogen) atoms. The van der Waals surface area contributed by atoms with Crippen LogP contribution in [0.2, 0.25) is 0 Å². The molecule has 0 fully saturated rings. The molecule has 0 bridgehead atoms. The molecule has 3 aromatic carbocycles. The fourth-order valence-corrected chi connectivity index (χ4v) is 3.48. The van der Waals surface area contributed by atoms with Gasteiger partial charge in [-0.15, -0.1) is 0 Å². The number of rotatable bonds is 2. The van der Waals surface area contributed by atoms with Crippen LogP contribution in [0.15, 0.2) is 85.1 Å². The van der Waals surface area contributed by atoms with Crippen LogP contribution in [0.3, 0.4) is 0 Å². The standard InChI is InChI=1S/C25H23N/c1-25(2,3)23-16-21(15-20-11-7-8-12-22(20)23)24-17-19(13-14-26-24)18-9-5-4-6-10-18/h4-17H,1-3H3. The lowest BCUT2D eigenvalue weighted by molar-refractivity contribution is 0.596. The van der Waals surface area contributed by atoms with Gasteiger partial charge in [0.2, 0.25) is 0 Å². The summed E-state index contributed by atoms with van der Waals surface area (Å²) in [7, 11) is 0. The van der Waals surface area contributed by atoms with Crippen LogP contribution in [0.25, 0.3) is 33.2 Å². The van der Waals surface area contributed by atoms with E-state index in [9.17, 15) is 0 Å². The number of hydrogen-bond acceptors (Lipinski definition) is 1. The Morgan fingerprint density at radius 3 is 2.15 bits per heavy atom. The molecule has 1 aromatic heterocycles. The van der Waals surface area contributed by atoms with Crippen LogP contribution in [0.5, 0.6) is 0 Å². The Morgan fingerprint density at radius 1 is 0.654 bits per heavy atom. The van der Waals surface area contributed by atoms with Crippen molar-refractivity contribution in [3.8, 4) is 22.4 Å². The van der Waals surface area contributed by atoms with Gasteiger partial charge in [0.1, 0.15) is 0 Å². The Balaban J connectivity index is 1.90. The molecular weight excluding hydrogens is 314 g/mol. The minimum absolute atomic E-state index is 0.0760. The fraction of sp³-hybridized carbons (Fsp3) is 0.160. The highest BCUT2D eigenvalue weighted by Gasteiger charge is 2.18. The number of hydrogen-bond donors (Lipinski definition) is 0. The summed E-state index contributed by atoms with van der Waals surface area (Å²) in [4.78, 5) is 4.67. The van der Waals surface area contributed by atoms with Gasteiger partial charge in [0.15, 0.2) is 0 Å². The van der Waals surface area contributed by atoms with E-state index in [2.05, 4.69) is 98.6 Å². The SMILES string of the molecule is CC(C)(C)c1cc(-c2cc(-c3ccccc3)ccn2)cc2ccccc12. The Hall–Kier alpha value is -2.93. The molecule has 0 spiro atoms. The second-order valence-corrected chi connectivity index (χ2v) is 7.79. The summed E-state index contributed by atoms with van der Waals surface area (Å²) in [6, 6.07) is 27.9. The van der Waals surface area contributed by atoms with Crippen molar-refractivity contribution in [2.24, 2.45) is 0 Å². The van der Waals surface area contributed by atoms with Crippen molar-refractivity contribution in [1.82, 2.24) is 4.98 Å². The maximum Gasteiger partial charge on any atom is 0.0708 e. The monoisotopic (exact) mass is 337 g/mol. The molecule has 128 valence electrons. The van der Waals surface area contributed by atoms with Gasteiger partial charge < -0.3 is 0 Å². The van der Waals surface area contributed by atoms with E-state index in [1.165, 1.54) is 33.0 Å². The molecular formula is C25H23N. The first-order valence-corrected chi connectivity index (χ1v) is 9.07. The summed E-state index contributed by atoms with van der Waals surface area (Å²) in [6.45, 7) is 6.81. The van der Waals surface area contributed by atoms with E-state index in [4.69, 9.17) is 0 Å². The Bertz CT molecular complexity index is 1060. The van der Waals surface area contributed by atoms with Gasteiger partial charge >= 0.3 is 0 Å². The Labute approximate surface area is 155 Å². The molecule has 1 heteroatoms. The van der Waals surface area contributed by atoms with E-state index >= 15 is 0 Å². The summed E-state index contributed by atoms with van der Waals surface area (Å²) >= 11 is 0. The molecule has 0 aliphatic rings. The highest BCUT2D eigenvalue weighted by molar-refractivity contribution is 5.91. The van der Waals surface area contributed by atoms with Gasteiger partial charge in [-0.3, -0.25) is 4.98 Å². The maximum atomic E-state index is 4.67. The second-order valence-electron chi connectivity index (χ2n) is 7.79. The lowest BCUT2D eigenvalue weighted by Gasteiger charge is -2.22. The summed E-state index contributed by atoms with van der Waals surface area (Å²) in [5.41, 5.74) is 6.03. The third-order valence-corrected chi connectivity index (χ3v) is 4.83. The van der Waals surface area contributed by atoms with Crippen LogP contribution >= 0.6 is 0 Å². The lowest BCUT2D eigenvalue weighted by Crippen LogP contribution is -2.12. The second kappa shape index (κ2) is 6.42. The molecule has 1 nitrogen and oxygen atoms in total. The van der Waals surface area contributed by atoms with Crippen molar-refractivity contribution >= 4 is 10.8 Å². The van der Waals surface area contributed by atoms with Crippen LogP contribution in [0.1, 0.15) is 26.3 Å². The highest BCUT2D eigenvalue weighted by Crippen LogP contribution is 2.35. The molecule has 0 radical (unpaired) electrons. The molecule has 0 unspecified atom stereocenters. The average molecular weight is 337 g/mol. The molecule has 0 aliphatic carbocycles. The minimum atomic E-state index is 0.0760. The summed E-state index contributed by atoms with van der Waals surface area (Å²) in [6.07, 6.45) is 1.91. The van der Waals surface area contributed by atoms with Gasteiger partial charge in [-0.05, 0) is 57.1 Å². The predicted octanol–water partition coefficient (Wildman–Crippen LogP) is 6.87. The molecule has 0 saturated carbocycles. The van der Waals surface area contributed by atoms with Crippen LogP contribution in [0.4, 0.5) is 0 Å².